The van der Waals surface area contributed by atoms with Gasteiger partial charge in [-0.05, 0) is 42.8 Å². The van der Waals surface area contributed by atoms with E-state index in [2.05, 4.69) is 38.5 Å². The van der Waals surface area contributed by atoms with Crippen LogP contribution >= 0.6 is 39.1 Å². The van der Waals surface area contributed by atoms with Crippen LogP contribution in [0.5, 0.6) is 0 Å². The van der Waals surface area contributed by atoms with Crippen molar-refractivity contribution in [2.45, 2.75) is 13.0 Å². The summed E-state index contributed by atoms with van der Waals surface area (Å²) in [6.45, 7) is 2.09. The maximum Gasteiger partial charge on any atom is 0.0964 e. The smallest absolute Gasteiger partial charge is 0.0964 e. The van der Waals surface area contributed by atoms with Gasteiger partial charge >= 0.3 is 0 Å². The number of nitrogens with zero attached hydrogens (tertiary/aromatic N) is 2. The van der Waals surface area contributed by atoms with Crippen molar-refractivity contribution in [3.05, 3.63) is 62.8 Å². The largest absolute Gasteiger partial charge is 0.323 e. The van der Waals surface area contributed by atoms with Crippen LogP contribution in [0.25, 0.3) is 11.0 Å². The van der Waals surface area contributed by atoms with Gasteiger partial charge in [0.2, 0.25) is 0 Å². The first-order valence-electron chi connectivity index (χ1n) is 6.13. The summed E-state index contributed by atoms with van der Waals surface area (Å²) in [5, 5.41) is 1.31. The molecule has 0 fully saturated rings. The van der Waals surface area contributed by atoms with Crippen LogP contribution in [-0.2, 0) is 0 Å². The fourth-order valence-electron chi connectivity index (χ4n) is 2.30. The molecular formula is C15H11BrCl2N2. The highest BCUT2D eigenvalue weighted by molar-refractivity contribution is 9.10. The van der Waals surface area contributed by atoms with Crippen LogP contribution in [0.2, 0.25) is 10.0 Å². The van der Waals surface area contributed by atoms with E-state index in [1.165, 1.54) is 0 Å². The molecule has 0 saturated heterocycles. The van der Waals surface area contributed by atoms with Crippen LogP contribution in [0, 0.1) is 0 Å². The molecule has 0 unspecified atom stereocenters. The van der Waals surface area contributed by atoms with E-state index in [0.717, 1.165) is 21.1 Å². The van der Waals surface area contributed by atoms with E-state index in [0.29, 0.717) is 10.0 Å². The number of rotatable bonds is 2. The summed E-state index contributed by atoms with van der Waals surface area (Å²) in [5.41, 5.74) is 3.05. The number of hydrogen-bond acceptors (Lipinski definition) is 1. The third kappa shape index (κ3) is 2.46. The van der Waals surface area contributed by atoms with Crippen molar-refractivity contribution in [2.24, 2.45) is 0 Å². The van der Waals surface area contributed by atoms with Crippen LogP contribution in [0.4, 0.5) is 0 Å². The molecule has 2 nitrogen and oxygen atoms in total. The molecule has 5 heteroatoms. The number of hydrogen-bond donors (Lipinski definition) is 0. The van der Waals surface area contributed by atoms with Gasteiger partial charge in [0, 0.05) is 14.5 Å². The number of benzene rings is 2. The quantitative estimate of drug-likeness (QED) is 0.565. The molecule has 3 rings (SSSR count). The summed E-state index contributed by atoms with van der Waals surface area (Å²) in [6, 6.07) is 11.7. The Hall–Kier alpha value is -1.03. The Labute approximate surface area is 135 Å². The summed E-state index contributed by atoms with van der Waals surface area (Å²) < 4.78 is 3.14. The molecule has 1 heterocycles. The van der Waals surface area contributed by atoms with Gasteiger partial charge in [0.15, 0.2) is 0 Å². The molecule has 0 amide bonds. The number of aromatic nitrogens is 2. The maximum absolute atomic E-state index is 6.30. The molecule has 0 radical (unpaired) electrons. The summed E-state index contributed by atoms with van der Waals surface area (Å²) in [4.78, 5) is 4.43. The van der Waals surface area contributed by atoms with E-state index in [1.54, 1.807) is 6.07 Å². The van der Waals surface area contributed by atoms with Crippen molar-refractivity contribution in [3.8, 4) is 0 Å². The molecule has 0 spiro atoms. The maximum atomic E-state index is 6.30. The second-order valence-electron chi connectivity index (χ2n) is 4.63. The second-order valence-corrected chi connectivity index (χ2v) is 6.39. The van der Waals surface area contributed by atoms with Gasteiger partial charge in [-0.1, -0.05) is 45.2 Å². The van der Waals surface area contributed by atoms with Crippen LogP contribution in [-0.4, -0.2) is 9.55 Å². The van der Waals surface area contributed by atoms with Gasteiger partial charge in [0.25, 0.3) is 0 Å². The lowest BCUT2D eigenvalue weighted by Gasteiger charge is -2.16. The van der Waals surface area contributed by atoms with Crippen molar-refractivity contribution >= 4 is 50.2 Å². The van der Waals surface area contributed by atoms with Crippen molar-refractivity contribution in [2.75, 3.05) is 0 Å². The SMILES string of the molecule is C[C@H](c1ccc(Cl)cc1Cl)n1cnc2ccc(Br)cc21. The van der Waals surface area contributed by atoms with E-state index < -0.39 is 0 Å². The van der Waals surface area contributed by atoms with Crippen molar-refractivity contribution in [3.63, 3.8) is 0 Å². The number of imidazole rings is 1. The van der Waals surface area contributed by atoms with E-state index in [9.17, 15) is 0 Å². The van der Waals surface area contributed by atoms with Gasteiger partial charge in [0.1, 0.15) is 0 Å². The topological polar surface area (TPSA) is 17.8 Å². The molecule has 1 aromatic heterocycles. The Bertz CT molecular complexity index is 783. The average molecular weight is 370 g/mol. The lowest BCUT2D eigenvalue weighted by molar-refractivity contribution is 0.658. The molecule has 0 saturated carbocycles. The normalized spacial score (nSPS) is 12.8. The predicted molar refractivity (Wildman–Crippen MR) is 87.7 cm³/mol. The minimum absolute atomic E-state index is 0.0825. The van der Waals surface area contributed by atoms with E-state index in [-0.39, 0.29) is 6.04 Å². The Morgan fingerprint density at radius 3 is 2.70 bits per heavy atom. The fraction of sp³-hybridized carbons (Fsp3) is 0.133. The Morgan fingerprint density at radius 1 is 1.15 bits per heavy atom. The number of fused-ring (bicyclic) bond motifs is 1. The first kappa shape index (κ1) is 13.9. The van der Waals surface area contributed by atoms with Crippen molar-refractivity contribution in [1.29, 1.82) is 0 Å². The fourth-order valence-corrected chi connectivity index (χ4v) is 3.21. The zero-order valence-corrected chi connectivity index (χ0v) is 13.7. The van der Waals surface area contributed by atoms with Gasteiger partial charge in [-0.25, -0.2) is 4.98 Å². The third-order valence-corrected chi connectivity index (χ3v) is 4.42. The lowest BCUT2D eigenvalue weighted by atomic mass is 10.1. The minimum atomic E-state index is 0.0825. The lowest BCUT2D eigenvalue weighted by Crippen LogP contribution is -2.06. The summed E-state index contributed by atoms with van der Waals surface area (Å²) in [7, 11) is 0. The second kappa shape index (κ2) is 5.40. The molecule has 20 heavy (non-hydrogen) atoms. The van der Waals surface area contributed by atoms with Crippen molar-refractivity contribution in [1.82, 2.24) is 9.55 Å². The summed E-state index contributed by atoms with van der Waals surface area (Å²) >= 11 is 15.7. The third-order valence-electron chi connectivity index (χ3n) is 3.37. The predicted octanol–water partition coefficient (Wildman–Crippen LogP) is 5.71. The Balaban J connectivity index is 2.12. The van der Waals surface area contributed by atoms with E-state index in [1.807, 2.05) is 30.6 Å². The Kier molecular flexibility index (Phi) is 3.76. The number of halogens is 3. The molecule has 0 aliphatic carbocycles. The van der Waals surface area contributed by atoms with Gasteiger partial charge in [-0.3, -0.25) is 0 Å². The molecule has 0 N–H and O–H groups in total. The summed E-state index contributed by atoms with van der Waals surface area (Å²) in [6.07, 6.45) is 1.84. The molecular weight excluding hydrogens is 359 g/mol. The van der Waals surface area contributed by atoms with Gasteiger partial charge < -0.3 is 4.57 Å². The van der Waals surface area contributed by atoms with Crippen LogP contribution < -0.4 is 0 Å². The molecule has 102 valence electrons. The first-order chi connectivity index (χ1) is 9.56. The van der Waals surface area contributed by atoms with Gasteiger partial charge in [0.05, 0.1) is 23.4 Å². The summed E-state index contributed by atoms with van der Waals surface area (Å²) in [5.74, 6) is 0. The molecule has 0 aliphatic rings. The van der Waals surface area contributed by atoms with Crippen LogP contribution in [0.15, 0.2) is 47.2 Å². The van der Waals surface area contributed by atoms with E-state index >= 15 is 0 Å². The van der Waals surface area contributed by atoms with Gasteiger partial charge in [-0.15, -0.1) is 0 Å². The van der Waals surface area contributed by atoms with E-state index in [4.69, 9.17) is 23.2 Å². The average Bonchev–Trinajstić information content (AvgIpc) is 2.81. The molecule has 0 aliphatic heterocycles. The molecule has 0 bridgehead atoms. The standard InChI is InChI=1S/C15H11BrCl2N2/c1-9(12-4-3-11(17)7-13(12)18)20-8-19-14-5-2-10(16)6-15(14)20/h2-9H,1H3/t9-/m1/s1. The van der Waals surface area contributed by atoms with Crippen LogP contribution in [0.1, 0.15) is 18.5 Å². The Morgan fingerprint density at radius 2 is 1.95 bits per heavy atom. The molecule has 3 aromatic rings. The van der Waals surface area contributed by atoms with Crippen molar-refractivity contribution < 1.29 is 0 Å². The molecule has 1 atom stereocenters. The first-order valence-corrected chi connectivity index (χ1v) is 7.68. The monoisotopic (exact) mass is 368 g/mol. The molecule has 2 aromatic carbocycles. The zero-order chi connectivity index (χ0) is 14.3. The van der Waals surface area contributed by atoms with Gasteiger partial charge in [-0.2, -0.15) is 0 Å². The minimum Gasteiger partial charge on any atom is -0.323 e. The highest BCUT2D eigenvalue weighted by Crippen LogP contribution is 2.31. The zero-order valence-electron chi connectivity index (χ0n) is 10.6. The van der Waals surface area contributed by atoms with Crippen LogP contribution in [0.3, 0.4) is 0 Å². The highest BCUT2D eigenvalue weighted by atomic mass is 79.9. The highest BCUT2D eigenvalue weighted by Gasteiger charge is 2.14.